The van der Waals surface area contributed by atoms with Gasteiger partial charge in [-0.15, -0.1) is 0 Å². The van der Waals surface area contributed by atoms with E-state index in [0.29, 0.717) is 12.1 Å². The SMILES string of the molecule is CCNC(CC)Cc1ncnn1C(C)C. The van der Waals surface area contributed by atoms with E-state index in [0.717, 1.165) is 25.2 Å². The molecule has 1 unspecified atom stereocenters. The molecule has 15 heavy (non-hydrogen) atoms. The van der Waals surface area contributed by atoms with E-state index in [1.165, 1.54) is 0 Å². The van der Waals surface area contributed by atoms with E-state index >= 15 is 0 Å². The van der Waals surface area contributed by atoms with Crippen LogP contribution in [0.4, 0.5) is 0 Å². The van der Waals surface area contributed by atoms with Gasteiger partial charge in [0, 0.05) is 18.5 Å². The third kappa shape index (κ3) is 3.30. The van der Waals surface area contributed by atoms with Crippen LogP contribution in [-0.4, -0.2) is 27.4 Å². The van der Waals surface area contributed by atoms with Crippen LogP contribution in [-0.2, 0) is 6.42 Å². The molecular formula is C11H22N4. The van der Waals surface area contributed by atoms with Crippen LogP contribution in [0.2, 0.25) is 0 Å². The molecule has 4 nitrogen and oxygen atoms in total. The molecule has 0 aliphatic rings. The molecule has 1 N–H and O–H groups in total. The summed E-state index contributed by atoms with van der Waals surface area (Å²) in [6.07, 6.45) is 3.73. The van der Waals surface area contributed by atoms with E-state index in [-0.39, 0.29) is 0 Å². The average molecular weight is 210 g/mol. The molecule has 86 valence electrons. The molecule has 1 aromatic rings. The highest BCUT2D eigenvalue weighted by Crippen LogP contribution is 2.08. The predicted molar refractivity (Wildman–Crippen MR) is 61.9 cm³/mol. The third-order valence-corrected chi connectivity index (χ3v) is 2.55. The Morgan fingerprint density at radius 3 is 2.67 bits per heavy atom. The van der Waals surface area contributed by atoms with E-state index in [1.54, 1.807) is 6.33 Å². The van der Waals surface area contributed by atoms with Crippen molar-refractivity contribution in [1.82, 2.24) is 20.1 Å². The molecule has 0 spiro atoms. The Hall–Kier alpha value is -0.900. The topological polar surface area (TPSA) is 42.7 Å². The van der Waals surface area contributed by atoms with Crippen molar-refractivity contribution < 1.29 is 0 Å². The lowest BCUT2D eigenvalue weighted by Gasteiger charge is -2.16. The van der Waals surface area contributed by atoms with Gasteiger partial charge in [-0.2, -0.15) is 5.10 Å². The lowest BCUT2D eigenvalue weighted by atomic mass is 10.1. The smallest absolute Gasteiger partial charge is 0.138 e. The zero-order valence-corrected chi connectivity index (χ0v) is 10.2. The summed E-state index contributed by atoms with van der Waals surface area (Å²) < 4.78 is 2.00. The van der Waals surface area contributed by atoms with Gasteiger partial charge in [-0.25, -0.2) is 9.67 Å². The number of likely N-dealkylation sites (N-methyl/N-ethyl adjacent to an activating group) is 1. The normalized spacial score (nSPS) is 13.4. The van der Waals surface area contributed by atoms with E-state index in [9.17, 15) is 0 Å². The van der Waals surface area contributed by atoms with E-state index < -0.39 is 0 Å². The largest absolute Gasteiger partial charge is 0.314 e. The molecule has 0 aliphatic carbocycles. The Morgan fingerprint density at radius 2 is 2.13 bits per heavy atom. The number of rotatable bonds is 6. The van der Waals surface area contributed by atoms with Gasteiger partial charge in [0.2, 0.25) is 0 Å². The monoisotopic (exact) mass is 210 g/mol. The van der Waals surface area contributed by atoms with E-state index in [1.807, 2.05) is 4.68 Å². The summed E-state index contributed by atoms with van der Waals surface area (Å²) in [6.45, 7) is 9.60. The van der Waals surface area contributed by atoms with Gasteiger partial charge < -0.3 is 5.32 Å². The van der Waals surface area contributed by atoms with Crippen LogP contribution in [0.5, 0.6) is 0 Å². The Labute approximate surface area is 92.1 Å². The minimum Gasteiger partial charge on any atom is -0.314 e. The molecule has 0 aromatic carbocycles. The summed E-state index contributed by atoms with van der Waals surface area (Å²) in [5.41, 5.74) is 0. The van der Waals surface area contributed by atoms with Crippen molar-refractivity contribution in [2.24, 2.45) is 0 Å². The van der Waals surface area contributed by atoms with Gasteiger partial charge in [0.25, 0.3) is 0 Å². The Balaban J connectivity index is 2.65. The van der Waals surface area contributed by atoms with Gasteiger partial charge >= 0.3 is 0 Å². The van der Waals surface area contributed by atoms with E-state index in [4.69, 9.17) is 0 Å². The van der Waals surface area contributed by atoms with Crippen LogP contribution >= 0.6 is 0 Å². The maximum absolute atomic E-state index is 4.32. The molecule has 0 bridgehead atoms. The second-order valence-electron chi connectivity index (χ2n) is 4.08. The Morgan fingerprint density at radius 1 is 1.40 bits per heavy atom. The molecule has 0 fully saturated rings. The minimum absolute atomic E-state index is 0.390. The van der Waals surface area contributed by atoms with Gasteiger partial charge in [0.15, 0.2) is 0 Å². The third-order valence-electron chi connectivity index (χ3n) is 2.55. The zero-order valence-electron chi connectivity index (χ0n) is 10.2. The molecule has 0 amide bonds. The fourth-order valence-electron chi connectivity index (χ4n) is 1.72. The Kier molecular flexibility index (Phi) is 4.75. The lowest BCUT2D eigenvalue weighted by molar-refractivity contribution is 0.454. The molecule has 0 radical (unpaired) electrons. The van der Waals surface area contributed by atoms with E-state index in [2.05, 4.69) is 43.1 Å². The number of hydrogen-bond donors (Lipinski definition) is 1. The number of aromatic nitrogens is 3. The lowest BCUT2D eigenvalue weighted by Crippen LogP contribution is -2.31. The Bertz CT molecular complexity index is 280. The molecule has 0 aliphatic heterocycles. The number of nitrogens with one attached hydrogen (secondary N) is 1. The summed E-state index contributed by atoms with van der Waals surface area (Å²) in [4.78, 5) is 4.32. The maximum atomic E-state index is 4.32. The van der Waals surface area contributed by atoms with Crippen LogP contribution in [0.15, 0.2) is 6.33 Å². The number of nitrogens with zero attached hydrogens (tertiary/aromatic N) is 3. The van der Waals surface area contributed by atoms with Crippen molar-refractivity contribution >= 4 is 0 Å². The minimum atomic E-state index is 0.390. The van der Waals surface area contributed by atoms with Crippen LogP contribution in [0, 0.1) is 0 Å². The zero-order chi connectivity index (χ0) is 11.3. The first kappa shape index (κ1) is 12.2. The van der Waals surface area contributed by atoms with Gasteiger partial charge in [-0.05, 0) is 26.8 Å². The first-order chi connectivity index (χ1) is 7.19. The summed E-state index contributed by atoms with van der Waals surface area (Å²) in [5.74, 6) is 1.08. The first-order valence-electron chi connectivity index (χ1n) is 5.80. The van der Waals surface area contributed by atoms with Gasteiger partial charge in [-0.3, -0.25) is 0 Å². The van der Waals surface area contributed by atoms with Gasteiger partial charge in [-0.1, -0.05) is 13.8 Å². The molecule has 1 heterocycles. The molecule has 4 heteroatoms. The van der Waals surface area contributed by atoms with Crippen molar-refractivity contribution in [3.05, 3.63) is 12.2 Å². The summed E-state index contributed by atoms with van der Waals surface area (Å²) in [6, 6.07) is 0.901. The summed E-state index contributed by atoms with van der Waals surface area (Å²) in [7, 11) is 0. The van der Waals surface area contributed by atoms with Crippen molar-refractivity contribution in [3.8, 4) is 0 Å². The highest BCUT2D eigenvalue weighted by Gasteiger charge is 2.12. The highest BCUT2D eigenvalue weighted by molar-refractivity contribution is 4.90. The first-order valence-corrected chi connectivity index (χ1v) is 5.80. The van der Waals surface area contributed by atoms with Crippen LogP contribution in [0.25, 0.3) is 0 Å². The number of hydrogen-bond acceptors (Lipinski definition) is 3. The molecule has 0 saturated heterocycles. The highest BCUT2D eigenvalue weighted by atomic mass is 15.3. The molecule has 1 atom stereocenters. The average Bonchev–Trinajstić information content (AvgIpc) is 2.65. The van der Waals surface area contributed by atoms with Crippen molar-refractivity contribution in [2.75, 3.05) is 6.54 Å². The maximum Gasteiger partial charge on any atom is 0.138 e. The van der Waals surface area contributed by atoms with Crippen LogP contribution < -0.4 is 5.32 Å². The second-order valence-corrected chi connectivity index (χ2v) is 4.08. The standard InChI is InChI=1S/C11H22N4/c1-5-10(12-6-2)7-11-13-8-14-15(11)9(3)4/h8-10,12H,5-7H2,1-4H3. The second kappa shape index (κ2) is 5.85. The fraction of sp³-hybridized carbons (Fsp3) is 0.818. The summed E-state index contributed by atoms with van der Waals surface area (Å²) >= 11 is 0. The van der Waals surface area contributed by atoms with Crippen LogP contribution in [0.1, 0.15) is 46.0 Å². The molecule has 1 rings (SSSR count). The van der Waals surface area contributed by atoms with Crippen molar-refractivity contribution in [2.45, 2.75) is 52.6 Å². The fourth-order valence-corrected chi connectivity index (χ4v) is 1.72. The van der Waals surface area contributed by atoms with Gasteiger partial charge in [0.1, 0.15) is 12.2 Å². The molecule has 1 aromatic heterocycles. The summed E-state index contributed by atoms with van der Waals surface area (Å²) in [5, 5.41) is 7.70. The predicted octanol–water partition coefficient (Wildman–Crippen LogP) is 1.79. The molecule has 0 saturated carbocycles. The molecular weight excluding hydrogens is 188 g/mol. The van der Waals surface area contributed by atoms with Crippen LogP contribution in [0.3, 0.4) is 0 Å². The van der Waals surface area contributed by atoms with Gasteiger partial charge in [0.05, 0.1) is 0 Å². The van der Waals surface area contributed by atoms with Crippen molar-refractivity contribution in [3.63, 3.8) is 0 Å². The van der Waals surface area contributed by atoms with Crippen molar-refractivity contribution in [1.29, 1.82) is 0 Å². The quantitative estimate of drug-likeness (QED) is 0.778.